The van der Waals surface area contributed by atoms with Gasteiger partial charge in [0, 0.05) is 70.5 Å². The number of methoxy groups -OCH3 is 2. The molecule has 1 aliphatic rings. The maximum atomic E-state index is 14.3. The number of carbonyl (C=O) groups is 11. The number of ether oxygens (including phenoxy) is 3. The highest BCUT2D eigenvalue weighted by Gasteiger charge is 2.43. The molecule has 0 aliphatic carbocycles. The summed E-state index contributed by atoms with van der Waals surface area (Å²) in [6.45, 7) is 20.6. The van der Waals surface area contributed by atoms with E-state index in [2.05, 4.69) is 55.7 Å². The van der Waals surface area contributed by atoms with Gasteiger partial charge in [0.1, 0.15) is 18.7 Å². The molecule has 0 saturated carbocycles. The van der Waals surface area contributed by atoms with Gasteiger partial charge in [0.15, 0.2) is 0 Å². The van der Waals surface area contributed by atoms with Gasteiger partial charge < -0.3 is 71.7 Å². The molecule has 0 radical (unpaired) electrons. The van der Waals surface area contributed by atoms with Crippen molar-refractivity contribution in [3.05, 3.63) is 115 Å². The van der Waals surface area contributed by atoms with Crippen molar-refractivity contribution in [3.63, 3.8) is 0 Å². The van der Waals surface area contributed by atoms with Crippen molar-refractivity contribution in [2.24, 2.45) is 23.7 Å². The molecule has 1 aliphatic heterocycles. The summed E-state index contributed by atoms with van der Waals surface area (Å²) < 4.78 is 17.5. The Balaban J connectivity index is 1.24. The van der Waals surface area contributed by atoms with E-state index < -0.39 is 127 Å². The molecule has 3 aromatic carbocycles. The monoisotopic (exact) mass is 1310 g/mol. The number of rotatable bonds is 36. The third kappa shape index (κ3) is 23.2. The van der Waals surface area contributed by atoms with Crippen LogP contribution in [0.1, 0.15) is 122 Å². The fourth-order valence-electron chi connectivity index (χ4n) is 11.2. The van der Waals surface area contributed by atoms with Crippen LogP contribution in [0.3, 0.4) is 0 Å². The Kier molecular flexibility index (Phi) is 31.5. The van der Waals surface area contributed by atoms with Gasteiger partial charge in [0.2, 0.25) is 53.2 Å². The molecule has 11 amide bonds. The maximum Gasteiger partial charge on any atom is 0.410 e. The smallest absolute Gasteiger partial charge is 0.410 e. The average Bonchev–Trinajstić information content (AvgIpc) is 1.54. The molecule has 0 aromatic heterocycles. The van der Waals surface area contributed by atoms with Crippen molar-refractivity contribution in [2.45, 2.75) is 149 Å². The minimum atomic E-state index is -1.05. The van der Waals surface area contributed by atoms with Gasteiger partial charge in [0.05, 0.1) is 61.9 Å². The molecule has 1 fully saturated rings. The predicted octanol–water partition coefficient (Wildman–Crippen LogP) is 5.21. The molecule has 0 spiro atoms. The molecule has 26 heteroatoms. The zero-order valence-electron chi connectivity index (χ0n) is 56.2. The normalized spacial score (nSPS) is 15.6. The Morgan fingerprint density at radius 1 is 0.702 bits per heavy atom. The number of hydrogen-bond acceptors (Lipinski definition) is 15. The van der Waals surface area contributed by atoms with E-state index in [9.17, 15) is 57.8 Å². The van der Waals surface area contributed by atoms with Crippen molar-refractivity contribution in [2.75, 3.05) is 70.4 Å². The van der Waals surface area contributed by atoms with Crippen LogP contribution < -0.4 is 42.5 Å². The summed E-state index contributed by atoms with van der Waals surface area (Å²) in [7, 11) is 6.01. The van der Waals surface area contributed by atoms with Gasteiger partial charge in [-0.1, -0.05) is 111 Å². The molecule has 1 saturated heterocycles. The standard InChI is InChI=1S/C68H97N11O15/c1-15-42(8)61(52(92-13)36-57(84)79-32-22-25-51(79)63(93-14)43(9)64(87)72-44(10)62(86)46-23-19-18-20-24-46)77(11)58(85)38-71-67(90)60(41(6)7)78(12)68(91)94-39-45-27-29-48(30-28-45)73-56(83)37-70-66(89)59(40(4)5)76-55(82)26-21-31-69-65(88)47-33-49(74-53(80)16-2)35-50(34-47)75-54(81)17-3/h16-20,23-24,27-30,33-35,40-44,51-52,59-63,86H,2-3,15,21-22,25-26,31-32,36-39H2,1,4-14H3,(H,69,88)(H,70,89)(H,71,90)(H,72,87)(H,73,83)(H,74,80)(H,75,81)(H,76,82)/t42-,43-,44-,51+,52-,59?,60?,61?,62-,63-/m1/s1. The van der Waals surface area contributed by atoms with Gasteiger partial charge in [-0.3, -0.25) is 52.8 Å². The van der Waals surface area contributed by atoms with Crippen molar-refractivity contribution in [3.8, 4) is 0 Å². The van der Waals surface area contributed by atoms with Crippen molar-refractivity contribution < 1.29 is 72.1 Å². The number of aliphatic hydroxyl groups is 1. The van der Waals surface area contributed by atoms with Gasteiger partial charge in [-0.25, -0.2) is 4.79 Å². The highest BCUT2D eigenvalue weighted by Crippen LogP contribution is 2.30. The fraction of sp³-hybridized carbons (Fsp3) is 0.515. The highest BCUT2D eigenvalue weighted by atomic mass is 16.6. The van der Waals surface area contributed by atoms with E-state index in [1.807, 2.05) is 32.0 Å². The first-order valence-corrected chi connectivity index (χ1v) is 31.7. The summed E-state index contributed by atoms with van der Waals surface area (Å²) in [5, 5.41) is 32.2. The molecule has 9 N–H and O–H groups in total. The van der Waals surface area contributed by atoms with Crippen LogP contribution in [0.5, 0.6) is 0 Å². The molecule has 3 aromatic rings. The molecule has 514 valence electrons. The van der Waals surface area contributed by atoms with Gasteiger partial charge in [-0.05, 0) is 97.6 Å². The lowest BCUT2D eigenvalue weighted by molar-refractivity contribution is -0.146. The lowest BCUT2D eigenvalue weighted by Gasteiger charge is -2.39. The number of nitrogens with zero attached hydrogens (tertiary/aromatic N) is 3. The quantitative estimate of drug-likeness (QED) is 0.0267. The summed E-state index contributed by atoms with van der Waals surface area (Å²) in [6, 6.07) is 16.0. The van der Waals surface area contributed by atoms with E-state index in [-0.39, 0.29) is 73.0 Å². The summed E-state index contributed by atoms with van der Waals surface area (Å²) in [5.41, 5.74) is 2.14. The first-order chi connectivity index (χ1) is 44.6. The van der Waals surface area contributed by atoms with Gasteiger partial charge in [-0.15, -0.1) is 0 Å². The summed E-state index contributed by atoms with van der Waals surface area (Å²) in [4.78, 5) is 149. The van der Waals surface area contributed by atoms with E-state index in [4.69, 9.17) is 14.2 Å². The van der Waals surface area contributed by atoms with Crippen LogP contribution in [0, 0.1) is 23.7 Å². The minimum absolute atomic E-state index is 0.0578. The average molecular weight is 1310 g/mol. The summed E-state index contributed by atoms with van der Waals surface area (Å²) in [6.07, 6.45) is 0.895. The lowest BCUT2D eigenvalue weighted by Crippen LogP contribution is -2.56. The van der Waals surface area contributed by atoms with Crippen LogP contribution in [-0.2, 0) is 64.0 Å². The molecular formula is C68H97N11O15. The van der Waals surface area contributed by atoms with Crippen molar-refractivity contribution in [1.29, 1.82) is 0 Å². The second-order valence-corrected chi connectivity index (χ2v) is 24.2. The van der Waals surface area contributed by atoms with Crippen LogP contribution in [0.25, 0.3) is 0 Å². The number of benzene rings is 3. The Morgan fingerprint density at radius 2 is 1.32 bits per heavy atom. The van der Waals surface area contributed by atoms with Crippen LogP contribution in [-0.4, -0.2) is 182 Å². The van der Waals surface area contributed by atoms with E-state index in [0.717, 1.165) is 17.1 Å². The molecule has 1 heterocycles. The van der Waals surface area contributed by atoms with Crippen molar-refractivity contribution in [1.82, 2.24) is 41.3 Å². The van der Waals surface area contributed by atoms with Gasteiger partial charge >= 0.3 is 6.09 Å². The van der Waals surface area contributed by atoms with Crippen molar-refractivity contribution >= 4 is 82.2 Å². The number of hydrogen-bond donors (Lipinski definition) is 9. The summed E-state index contributed by atoms with van der Waals surface area (Å²) in [5.74, 6) is -6.47. The second-order valence-electron chi connectivity index (χ2n) is 24.2. The van der Waals surface area contributed by atoms with E-state index in [0.29, 0.717) is 42.6 Å². The topological polar surface area (TPSA) is 342 Å². The lowest BCUT2D eigenvalue weighted by atomic mass is 9.90. The van der Waals surface area contributed by atoms with Crippen LogP contribution in [0.15, 0.2) is 98.1 Å². The van der Waals surface area contributed by atoms with Crippen LogP contribution in [0.4, 0.5) is 21.9 Å². The molecule has 3 unspecified atom stereocenters. The van der Waals surface area contributed by atoms with E-state index in [1.54, 1.807) is 89.9 Å². The Hall–Kier alpha value is -9.01. The Morgan fingerprint density at radius 3 is 1.88 bits per heavy atom. The highest BCUT2D eigenvalue weighted by molar-refractivity contribution is 6.04. The predicted molar refractivity (Wildman–Crippen MR) is 355 cm³/mol. The number of likely N-dealkylation sites (N-methyl/N-ethyl adjacent to an activating group) is 2. The number of aliphatic hydroxyl groups excluding tert-OH is 1. The first kappa shape index (κ1) is 77.4. The van der Waals surface area contributed by atoms with E-state index in [1.165, 1.54) is 44.4 Å². The zero-order valence-corrected chi connectivity index (χ0v) is 56.2. The zero-order chi connectivity index (χ0) is 69.9. The molecule has 26 nitrogen and oxygen atoms in total. The number of likely N-dealkylation sites (tertiary alicyclic amines) is 1. The van der Waals surface area contributed by atoms with Crippen LogP contribution >= 0.6 is 0 Å². The molecule has 0 bridgehead atoms. The minimum Gasteiger partial charge on any atom is -0.445 e. The number of amides is 11. The number of nitrogens with one attached hydrogen (secondary N) is 8. The maximum absolute atomic E-state index is 14.3. The Bertz CT molecular complexity index is 3070. The van der Waals surface area contributed by atoms with Gasteiger partial charge in [0.25, 0.3) is 5.91 Å². The first-order valence-electron chi connectivity index (χ1n) is 31.7. The Labute approximate surface area is 551 Å². The fourth-order valence-corrected chi connectivity index (χ4v) is 11.2. The third-order valence-electron chi connectivity index (χ3n) is 16.6. The number of carbonyl (C=O) groups excluding carboxylic acids is 11. The van der Waals surface area contributed by atoms with Crippen LogP contribution in [0.2, 0.25) is 0 Å². The SMILES string of the molecule is C=CC(=O)Nc1cc(NC(=O)C=C)cc(C(=O)NCCCC(=O)NC(C(=O)NCC(=O)Nc2ccc(COC(=O)N(C)C(C(=O)NCC(=O)N(C)C([C@H](C)CC)[C@@H](CC(=O)N3CCC[C@H]3[C@H](OC)[C@@H](C)C(=O)N[C@H](C)[C@@H](O)c3ccccc3)OC)C(C)C)cc2)C(C)C)c1. The summed E-state index contributed by atoms with van der Waals surface area (Å²) >= 11 is 0. The third-order valence-corrected chi connectivity index (χ3v) is 16.6. The van der Waals surface area contributed by atoms with E-state index >= 15 is 0 Å². The van der Waals surface area contributed by atoms with Gasteiger partial charge in [-0.2, -0.15) is 0 Å². The molecule has 4 rings (SSSR count). The second kappa shape index (κ2) is 38.2. The molecule has 10 atom stereocenters. The largest absolute Gasteiger partial charge is 0.445 e. The molecule has 94 heavy (non-hydrogen) atoms. The molecular weight excluding hydrogens is 1210 g/mol. The number of anilines is 3.